The van der Waals surface area contributed by atoms with E-state index < -0.39 is 0 Å². The van der Waals surface area contributed by atoms with Crippen LogP contribution in [0.25, 0.3) is 0 Å². The lowest BCUT2D eigenvalue weighted by Gasteiger charge is -2.29. The number of carbonyl (C=O) groups excluding carboxylic acids is 1. The van der Waals surface area contributed by atoms with E-state index in [1.165, 1.54) is 0 Å². The maximum atomic E-state index is 12.6. The molecule has 1 heterocycles. The second-order valence-corrected chi connectivity index (χ2v) is 5.77. The highest BCUT2D eigenvalue weighted by Crippen LogP contribution is 2.24. The van der Waals surface area contributed by atoms with Crippen LogP contribution in [-0.2, 0) is 0 Å². The topological polar surface area (TPSA) is 40.5 Å². The number of hydrogen-bond donors (Lipinski definition) is 2. The van der Waals surface area contributed by atoms with Gasteiger partial charge < -0.3 is 10.0 Å². The first kappa shape index (κ1) is 14.7. The van der Waals surface area contributed by atoms with Crippen LogP contribution in [0.5, 0.6) is 0 Å². The van der Waals surface area contributed by atoms with Gasteiger partial charge in [0.05, 0.1) is 23.2 Å². The number of nitrogens with zero attached hydrogens (tertiary/aromatic N) is 1. The zero-order valence-corrected chi connectivity index (χ0v) is 12.3. The first-order valence-electron chi connectivity index (χ1n) is 6.54. The van der Waals surface area contributed by atoms with Gasteiger partial charge in [0.15, 0.2) is 0 Å². The number of aliphatic hydroxyl groups excluding tert-OH is 1. The Bertz CT molecular complexity index is 467. The Morgan fingerprint density at radius 1 is 1.42 bits per heavy atom. The van der Waals surface area contributed by atoms with E-state index in [9.17, 15) is 9.90 Å². The summed E-state index contributed by atoms with van der Waals surface area (Å²) in [6.07, 6.45) is 3.97. The van der Waals surface area contributed by atoms with Gasteiger partial charge in [-0.05, 0) is 31.0 Å². The number of amides is 1. The summed E-state index contributed by atoms with van der Waals surface area (Å²) in [7, 11) is 0. The lowest BCUT2D eigenvalue weighted by atomic mass is 10.1. The van der Waals surface area contributed by atoms with E-state index in [4.69, 9.17) is 11.6 Å². The summed E-state index contributed by atoms with van der Waals surface area (Å²) in [5.74, 6) is -0.109. The maximum absolute atomic E-state index is 12.6. The van der Waals surface area contributed by atoms with Gasteiger partial charge >= 0.3 is 0 Å². The second kappa shape index (κ2) is 6.64. The third kappa shape index (κ3) is 3.44. The number of carbonyl (C=O) groups is 1. The minimum absolute atomic E-state index is 0.00389. The average molecular weight is 300 g/mol. The lowest BCUT2D eigenvalue weighted by molar-refractivity contribution is 0.0599. The molecule has 1 aromatic rings. The summed E-state index contributed by atoms with van der Waals surface area (Å²) >= 11 is 10.3. The van der Waals surface area contributed by atoms with E-state index >= 15 is 0 Å². The van der Waals surface area contributed by atoms with Gasteiger partial charge in [0.1, 0.15) is 0 Å². The summed E-state index contributed by atoms with van der Waals surface area (Å²) in [6.45, 7) is 0.682. The smallest absolute Gasteiger partial charge is 0.255 e. The van der Waals surface area contributed by atoms with Crippen molar-refractivity contribution in [2.24, 2.45) is 0 Å². The van der Waals surface area contributed by atoms with Gasteiger partial charge in [-0.2, -0.15) is 0 Å². The van der Waals surface area contributed by atoms with Gasteiger partial charge in [0, 0.05) is 11.4 Å². The molecule has 2 rings (SSSR count). The molecule has 0 saturated carbocycles. The van der Waals surface area contributed by atoms with Crippen molar-refractivity contribution in [3.63, 3.8) is 0 Å². The lowest BCUT2D eigenvalue weighted by Crippen LogP contribution is -2.42. The minimum Gasteiger partial charge on any atom is -0.394 e. The number of rotatable bonds is 2. The summed E-state index contributed by atoms with van der Waals surface area (Å²) in [6, 6.07) is 5.03. The fraction of sp³-hybridized carbons (Fsp3) is 0.500. The number of thiol groups is 1. The molecule has 1 amide bonds. The highest BCUT2D eigenvalue weighted by molar-refractivity contribution is 7.80. The van der Waals surface area contributed by atoms with Crippen LogP contribution in [0.15, 0.2) is 23.1 Å². The molecule has 0 spiro atoms. The fourth-order valence-electron chi connectivity index (χ4n) is 2.47. The van der Waals surface area contributed by atoms with Crippen LogP contribution < -0.4 is 0 Å². The number of benzene rings is 1. The van der Waals surface area contributed by atoms with Gasteiger partial charge in [-0.25, -0.2) is 0 Å². The van der Waals surface area contributed by atoms with Crippen LogP contribution in [-0.4, -0.2) is 35.1 Å². The molecule has 1 saturated heterocycles. The first-order chi connectivity index (χ1) is 9.13. The molecule has 1 aliphatic rings. The highest BCUT2D eigenvalue weighted by Gasteiger charge is 2.26. The van der Waals surface area contributed by atoms with Crippen molar-refractivity contribution in [1.82, 2.24) is 4.90 Å². The molecule has 1 aliphatic heterocycles. The Morgan fingerprint density at radius 3 is 2.95 bits per heavy atom. The van der Waals surface area contributed by atoms with Crippen LogP contribution in [0.3, 0.4) is 0 Å². The molecule has 1 N–H and O–H groups in total. The zero-order valence-electron chi connectivity index (χ0n) is 10.7. The molecule has 5 heteroatoms. The van der Waals surface area contributed by atoms with Crippen LogP contribution in [0.1, 0.15) is 36.0 Å². The molecule has 1 unspecified atom stereocenters. The molecule has 1 aromatic carbocycles. The third-order valence-electron chi connectivity index (χ3n) is 3.53. The molecule has 0 bridgehead atoms. The molecule has 0 aliphatic carbocycles. The van der Waals surface area contributed by atoms with E-state index in [1.807, 2.05) is 0 Å². The normalized spacial score (nSPS) is 20.2. The van der Waals surface area contributed by atoms with Gasteiger partial charge in [-0.1, -0.05) is 24.4 Å². The fourth-order valence-corrected chi connectivity index (χ4v) is 2.87. The molecule has 1 atom stereocenters. The van der Waals surface area contributed by atoms with Gasteiger partial charge in [0.2, 0.25) is 0 Å². The van der Waals surface area contributed by atoms with E-state index in [-0.39, 0.29) is 18.6 Å². The molecule has 0 aromatic heterocycles. The van der Waals surface area contributed by atoms with Crippen molar-refractivity contribution in [1.29, 1.82) is 0 Å². The van der Waals surface area contributed by atoms with Crippen molar-refractivity contribution in [3.05, 3.63) is 28.8 Å². The van der Waals surface area contributed by atoms with E-state index in [0.717, 1.165) is 25.7 Å². The number of aliphatic hydroxyl groups is 1. The number of hydrogen-bond acceptors (Lipinski definition) is 3. The molecule has 1 fully saturated rings. The molecule has 19 heavy (non-hydrogen) atoms. The van der Waals surface area contributed by atoms with Crippen molar-refractivity contribution >= 4 is 30.1 Å². The molecule has 104 valence electrons. The minimum atomic E-state index is -0.109. The highest BCUT2D eigenvalue weighted by atomic mass is 35.5. The number of halogens is 1. The van der Waals surface area contributed by atoms with Crippen molar-refractivity contribution < 1.29 is 9.90 Å². The second-order valence-electron chi connectivity index (χ2n) is 4.85. The van der Waals surface area contributed by atoms with E-state index in [1.54, 1.807) is 23.1 Å². The summed E-state index contributed by atoms with van der Waals surface area (Å²) in [5.41, 5.74) is 0.467. The van der Waals surface area contributed by atoms with Crippen LogP contribution >= 0.6 is 24.2 Å². The monoisotopic (exact) mass is 299 g/mol. The van der Waals surface area contributed by atoms with Crippen LogP contribution in [0.2, 0.25) is 5.02 Å². The first-order valence-corrected chi connectivity index (χ1v) is 7.36. The van der Waals surface area contributed by atoms with Crippen LogP contribution in [0.4, 0.5) is 0 Å². The van der Waals surface area contributed by atoms with Crippen molar-refractivity contribution in [2.75, 3.05) is 13.2 Å². The zero-order chi connectivity index (χ0) is 13.8. The summed E-state index contributed by atoms with van der Waals surface area (Å²) < 4.78 is 0. The van der Waals surface area contributed by atoms with E-state index in [2.05, 4.69) is 12.6 Å². The largest absolute Gasteiger partial charge is 0.394 e. The molecule has 0 radical (unpaired) electrons. The Kier molecular flexibility index (Phi) is 5.13. The van der Waals surface area contributed by atoms with E-state index in [0.29, 0.717) is 22.0 Å². The third-order valence-corrected chi connectivity index (χ3v) is 4.14. The summed E-state index contributed by atoms with van der Waals surface area (Å²) in [5, 5.41) is 9.90. The Hall–Kier alpha value is -0.710. The molecule has 3 nitrogen and oxygen atoms in total. The van der Waals surface area contributed by atoms with Crippen LogP contribution in [0, 0.1) is 0 Å². The molecular weight excluding hydrogens is 282 g/mol. The molecular formula is C14H18ClNO2S. The average Bonchev–Trinajstić information content (AvgIpc) is 2.65. The van der Waals surface area contributed by atoms with Crippen molar-refractivity contribution in [2.45, 2.75) is 36.6 Å². The Labute approximate surface area is 124 Å². The Balaban J connectivity index is 2.27. The quantitative estimate of drug-likeness (QED) is 0.824. The van der Waals surface area contributed by atoms with Crippen molar-refractivity contribution in [3.8, 4) is 0 Å². The van der Waals surface area contributed by atoms with Gasteiger partial charge in [-0.15, -0.1) is 12.6 Å². The standard InChI is InChI=1S/C14H18ClNO2S/c15-13-6-5-11(19)8-12(13)14(18)16-7-3-1-2-4-10(16)9-17/h5-6,8,10,17,19H,1-4,7,9H2. The number of likely N-dealkylation sites (tertiary alicyclic amines) is 1. The SMILES string of the molecule is O=C(c1cc(S)ccc1Cl)N1CCCCCC1CO. The maximum Gasteiger partial charge on any atom is 0.255 e. The Morgan fingerprint density at radius 2 is 2.21 bits per heavy atom. The van der Waals surface area contributed by atoms with Gasteiger partial charge in [0.25, 0.3) is 5.91 Å². The van der Waals surface area contributed by atoms with Gasteiger partial charge in [-0.3, -0.25) is 4.79 Å². The predicted molar refractivity (Wildman–Crippen MR) is 79.1 cm³/mol. The summed E-state index contributed by atoms with van der Waals surface area (Å²) in [4.78, 5) is 15.1. The predicted octanol–water partition coefficient (Wildman–Crippen LogP) is 3.01.